The number of amides is 1. The van der Waals surface area contributed by atoms with Crippen LogP contribution in [0.15, 0.2) is 60.8 Å². The lowest BCUT2D eigenvalue weighted by atomic mass is 9.77. The Kier molecular flexibility index (Phi) is 4.26. The first-order chi connectivity index (χ1) is 12.3. The molecule has 0 N–H and O–H groups in total. The van der Waals surface area contributed by atoms with Crippen LogP contribution in [0.5, 0.6) is 0 Å². The van der Waals surface area contributed by atoms with Crippen LogP contribution >= 0.6 is 0 Å². The molecule has 1 aliphatic carbocycles. The number of hydrogen-bond acceptors (Lipinski definition) is 3. The molecule has 4 heteroatoms. The maximum absolute atomic E-state index is 12.5. The molecule has 1 aromatic heterocycles. The third kappa shape index (κ3) is 2.93. The van der Waals surface area contributed by atoms with E-state index >= 15 is 0 Å². The Bertz CT molecular complexity index is 770. The molecule has 3 atom stereocenters. The van der Waals surface area contributed by atoms with Crippen molar-refractivity contribution in [1.29, 1.82) is 0 Å². The second kappa shape index (κ2) is 6.71. The highest BCUT2D eigenvalue weighted by atomic mass is 16.6. The van der Waals surface area contributed by atoms with Crippen LogP contribution in [0.2, 0.25) is 0 Å². The molecule has 1 amide bonds. The van der Waals surface area contributed by atoms with Crippen molar-refractivity contribution < 1.29 is 9.53 Å². The molecule has 3 aliphatic rings. The number of benzene rings is 1. The first-order valence-electron chi connectivity index (χ1n) is 8.92. The van der Waals surface area contributed by atoms with E-state index in [1.807, 2.05) is 42.3 Å². The Labute approximate surface area is 148 Å². The third-order valence-electron chi connectivity index (χ3n) is 5.11. The van der Waals surface area contributed by atoms with Gasteiger partial charge in [-0.25, -0.2) is 4.79 Å². The topological polar surface area (TPSA) is 42.4 Å². The molecule has 0 saturated carbocycles. The lowest BCUT2D eigenvalue weighted by molar-refractivity contribution is 0.0386. The minimum Gasteiger partial charge on any atom is -0.450 e. The lowest BCUT2D eigenvalue weighted by Gasteiger charge is -2.47. The van der Waals surface area contributed by atoms with Gasteiger partial charge in [-0.05, 0) is 31.4 Å². The van der Waals surface area contributed by atoms with Crippen molar-refractivity contribution >= 4 is 6.09 Å². The molecule has 4 nitrogen and oxygen atoms in total. The molecule has 1 aromatic carbocycles. The number of ether oxygens (including phenoxy) is 1. The third-order valence-corrected chi connectivity index (χ3v) is 5.11. The van der Waals surface area contributed by atoms with Gasteiger partial charge in [0.25, 0.3) is 0 Å². The predicted molar refractivity (Wildman–Crippen MR) is 96.9 cm³/mol. The quantitative estimate of drug-likeness (QED) is 0.771. The fourth-order valence-corrected chi connectivity index (χ4v) is 3.95. The van der Waals surface area contributed by atoms with Gasteiger partial charge in [-0.1, -0.05) is 48.6 Å². The molecule has 2 bridgehead atoms. The van der Waals surface area contributed by atoms with Crippen molar-refractivity contribution in [3.63, 3.8) is 0 Å². The molecule has 2 aromatic rings. The highest BCUT2D eigenvalue weighted by Gasteiger charge is 2.42. The van der Waals surface area contributed by atoms with E-state index in [9.17, 15) is 4.79 Å². The highest BCUT2D eigenvalue weighted by Crippen LogP contribution is 2.44. The lowest BCUT2D eigenvalue weighted by Crippen LogP contribution is -2.50. The Morgan fingerprint density at radius 2 is 2.00 bits per heavy atom. The van der Waals surface area contributed by atoms with E-state index in [0.29, 0.717) is 12.5 Å². The SMILES string of the molecule is CCOC(=O)N1C2C=CC(CC2)C1c1ccc(-c2ccccc2)nc1. The maximum Gasteiger partial charge on any atom is 0.410 e. The van der Waals surface area contributed by atoms with E-state index in [4.69, 9.17) is 4.74 Å². The molecule has 3 heterocycles. The Balaban J connectivity index is 1.65. The Morgan fingerprint density at radius 3 is 2.64 bits per heavy atom. The number of carbonyl (C=O) groups is 1. The number of hydrogen-bond donors (Lipinski definition) is 0. The zero-order valence-electron chi connectivity index (χ0n) is 14.3. The molecule has 0 radical (unpaired) electrons. The highest BCUT2D eigenvalue weighted by molar-refractivity contribution is 5.70. The fourth-order valence-electron chi connectivity index (χ4n) is 3.95. The van der Waals surface area contributed by atoms with Crippen molar-refractivity contribution in [2.75, 3.05) is 6.61 Å². The number of pyridine rings is 1. The summed E-state index contributed by atoms with van der Waals surface area (Å²) in [4.78, 5) is 19.1. The van der Waals surface area contributed by atoms with Gasteiger partial charge in [-0.2, -0.15) is 0 Å². The first-order valence-corrected chi connectivity index (χ1v) is 8.92. The Hall–Kier alpha value is -2.62. The van der Waals surface area contributed by atoms with Gasteiger partial charge < -0.3 is 4.74 Å². The smallest absolute Gasteiger partial charge is 0.410 e. The zero-order valence-corrected chi connectivity index (χ0v) is 14.3. The van der Waals surface area contributed by atoms with Crippen molar-refractivity contribution in [2.24, 2.45) is 5.92 Å². The van der Waals surface area contributed by atoms with E-state index in [2.05, 4.69) is 35.3 Å². The summed E-state index contributed by atoms with van der Waals surface area (Å²) in [6.45, 7) is 2.25. The summed E-state index contributed by atoms with van der Waals surface area (Å²) in [6, 6.07) is 14.4. The maximum atomic E-state index is 12.5. The number of nitrogens with zero attached hydrogens (tertiary/aromatic N) is 2. The predicted octanol–water partition coefficient (Wildman–Crippen LogP) is 4.60. The monoisotopic (exact) mass is 334 g/mol. The van der Waals surface area contributed by atoms with Gasteiger partial charge in [0.2, 0.25) is 0 Å². The van der Waals surface area contributed by atoms with Crippen LogP contribution in [0.3, 0.4) is 0 Å². The van der Waals surface area contributed by atoms with E-state index < -0.39 is 0 Å². The van der Waals surface area contributed by atoms with Gasteiger partial charge in [0, 0.05) is 17.7 Å². The number of carbonyl (C=O) groups excluding carboxylic acids is 1. The second-order valence-corrected chi connectivity index (χ2v) is 6.59. The van der Waals surface area contributed by atoms with Gasteiger partial charge >= 0.3 is 6.09 Å². The molecule has 1 saturated heterocycles. The van der Waals surface area contributed by atoms with Gasteiger partial charge in [-0.15, -0.1) is 0 Å². The number of fused-ring (bicyclic) bond motifs is 2. The Morgan fingerprint density at radius 1 is 1.16 bits per heavy atom. The van der Waals surface area contributed by atoms with Gasteiger partial charge in [0.05, 0.1) is 24.4 Å². The van der Waals surface area contributed by atoms with Gasteiger partial charge in [-0.3, -0.25) is 9.88 Å². The molecular formula is C21H22N2O2. The number of piperidine rings is 1. The van der Waals surface area contributed by atoms with Gasteiger partial charge in [0.15, 0.2) is 0 Å². The molecule has 1 fully saturated rings. The average Bonchev–Trinajstić information content (AvgIpc) is 2.69. The van der Waals surface area contributed by atoms with Crippen LogP contribution in [-0.4, -0.2) is 28.6 Å². The van der Waals surface area contributed by atoms with Gasteiger partial charge in [0.1, 0.15) is 0 Å². The first kappa shape index (κ1) is 15.9. The van der Waals surface area contributed by atoms with E-state index in [1.54, 1.807) is 0 Å². The van der Waals surface area contributed by atoms with Crippen LogP contribution in [0.4, 0.5) is 4.79 Å². The van der Waals surface area contributed by atoms with Crippen LogP contribution in [-0.2, 0) is 4.74 Å². The largest absolute Gasteiger partial charge is 0.450 e. The minimum absolute atomic E-state index is 0.0140. The molecular weight excluding hydrogens is 312 g/mol. The summed E-state index contributed by atoms with van der Waals surface area (Å²) >= 11 is 0. The molecule has 0 spiro atoms. The fraction of sp³-hybridized carbons (Fsp3) is 0.333. The van der Waals surface area contributed by atoms with Crippen LogP contribution in [0.25, 0.3) is 11.3 Å². The summed E-state index contributed by atoms with van der Waals surface area (Å²) in [5.74, 6) is 0.332. The van der Waals surface area contributed by atoms with Crippen LogP contribution in [0.1, 0.15) is 31.4 Å². The summed E-state index contributed by atoms with van der Waals surface area (Å²) < 4.78 is 5.31. The molecule has 25 heavy (non-hydrogen) atoms. The van der Waals surface area contributed by atoms with E-state index in [0.717, 1.165) is 29.7 Å². The number of rotatable bonds is 3. The van der Waals surface area contributed by atoms with Crippen molar-refractivity contribution in [1.82, 2.24) is 9.88 Å². The standard InChI is InChI=1S/C21H22N2O2/c1-2-25-21(24)23-18-11-8-16(9-12-18)20(23)17-10-13-19(22-14-17)15-6-4-3-5-7-15/h3-8,10-11,13-14,16,18,20H,2,9,12H2,1H3. The van der Waals surface area contributed by atoms with Crippen LogP contribution < -0.4 is 0 Å². The second-order valence-electron chi connectivity index (χ2n) is 6.59. The zero-order chi connectivity index (χ0) is 17.2. The summed E-state index contributed by atoms with van der Waals surface area (Å²) in [7, 11) is 0. The summed E-state index contributed by atoms with van der Waals surface area (Å²) in [6.07, 6.45) is 8.19. The summed E-state index contributed by atoms with van der Waals surface area (Å²) in [5.41, 5.74) is 3.12. The van der Waals surface area contributed by atoms with Crippen LogP contribution in [0, 0.1) is 5.92 Å². The van der Waals surface area contributed by atoms with Crippen molar-refractivity contribution in [2.45, 2.75) is 31.8 Å². The van der Waals surface area contributed by atoms with E-state index in [1.165, 1.54) is 0 Å². The molecule has 128 valence electrons. The van der Waals surface area contributed by atoms with Crippen molar-refractivity contribution in [3.8, 4) is 11.3 Å². The molecule has 5 rings (SSSR count). The molecule has 2 aliphatic heterocycles. The average molecular weight is 334 g/mol. The minimum atomic E-state index is -0.223. The van der Waals surface area contributed by atoms with E-state index in [-0.39, 0.29) is 18.2 Å². The van der Waals surface area contributed by atoms with Crippen molar-refractivity contribution in [3.05, 3.63) is 66.4 Å². The molecule has 3 unspecified atom stereocenters. The summed E-state index contributed by atoms with van der Waals surface area (Å²) in [5, 5.41) is 0. The number of aromatic nitrogens is 1. The normalized spacial score (nSPS) is 24.4.